The lowest BCUT2D eigenvalue weighted by Crippen LogP contribution is -2.51. The average molecular weight is 272 g/mol. The molecule has 3 atom stereocenters. The molecule has 0 aromatic heterocycles. The van der Waals surface area contributed by atoms with Crippen molar-refractivity contribution in [2.24, 2.45) is 5.41 Å². The third-order valence-corrected chi connectivity index (χ3v) is 3.88. The van der Waals surface area contributed by atoms with Gasteiger partial charge >= 0.3 is 12.0 Å². The van der Waals surface area contributed by atoms with Crippen LogP contribution in [0.2, 0.25) is 0 Å². The van der Waals surface area contributed by atoms with Crippen LogP contribution in [0, 0.1) is 5.41 Å². The molecule has 6 nitrogen and oxygen atoms in total. The van der Waals surface area contributed by atoms with Crippen LogP contribution in [0.15, 0.2) is 0 Å². The van der Waals surface area contributed by atoms with Crippen molar-refractivity contribution >= 4 is 12.0 Å². The summed E-state index contributed by atoms with van der Waals surface area (Å²) >= 11 is 0. The number of urea groups is 1. The van der Waals surface area contributed by atoms with Gasteiger partial charge in [-0.2, -0.15) is 0 Å². The number of carboxylic acid groups (broad SMARTS) is 1. The topological polar surface area (TPSA) is 87.7 Å². The minimum Gasteiger partial charge on any atom is -0.481 e. The SMILES string of the molecule is COCCC(C)NC(=O)NC1CCCC1(C)C(=O)O. The lowest BCUT2D eigenvalue weighted by Gasteiger charge is -2.28. The van der Waals surface area contributed by atoms with Crippen LogP contribution in [-0.4, -0.2) is 42.9 Å². The molecule has 0 aromatic carbocycles. The fourth-order valence-corrected chi connectivity index (χ4v) is 2.44. The van der Waals surface area contributed by atoms with Gasteiger partial charge in [-0.25, -0.2) is 4.79 Å². The maximum absolute atomic E-state index is 11.8. The molecular weight excluding hydrogens is 248 g/mol. The number of ether oxygens (including phenoxy) is 1. The summed E-state index contributed by atoms with van der Waals surface area (Å²) < 4.78 is 4.94. The Bertz CT molecular complexity index is 335. The molecule has 110 valence electrons. The van der Waals surface area contributed by atoms with Crippen LogP contribution in [-0.2, 0) is 9.53 Å². The van der Waals surface area contributed by atoms with Gasteiger partial charge in [0.2, 0.25) is 0 Å². The van der Waals surface area contributed by atoms with Crippen LogP contribution in [0.4, 0.5) is 4.79 Å². The largest absolute Gasteiger partial charge is 0.481 e. The van der Waals surface area contributed by atoms with Gasteiger partial charge in [0.05, 0.1) is 5.41 Å². The number of carbonyl (C=O) groups is 2. The third kappa shape index (κ3) is 4.09. The lowest BCUT2D eigenvalue weighted by molar-refractivity contribution is -0.148. The quantitative estimate of drug-likeness (QED) is 0.681. The molecule has 0 bridgehead atoms. The van der Waals surface area contributed by atoms with E-state index in [1.165, 1.54) is 0 Å². The van der Waals surface area contributed by atoms with Crippen molar-refractivity contribution in [3.8, 4) is 0 Å². The average Bonchev–Trinajstić information content (AvgIpc) is 2.69. The van der Waals surface area contributed by atoms with Crippen molar-refractivity contribution in [1.29, 1.82) is 0 Å². The number of carbonyl (C=O) groups excluding carboxylic acids is 1. The minimum atomic E-state index is -0.854. The van der Waals surface area contributed by atoms with E-state index in [1.807, 2.05) is 6.92 Å². The first-order valence-electron chi connectivity index (χ1n) is 6.69. The van der Waals surface area contributed by atoms with Crippen LogP contribution >= 0.6 is 0 Å². The fraction of sp³-hybridized carbons (Fsp3) is 0.846. The van der Waals surface area contributed by atoms with E-state index < -0.39 is 11.4 Å². The molecule has 2 amide bonds. The van der Waals surface area contributed by atoms with Gasteiger partial charge in [0.25, 0.3) is 0 Å². The first-order valence-corrected chi connectivity index (χ1v) is 6.69. The van der Waals surface area contributed by atoms with Crippen molar-refractivity contribution in [3.05, 3.63) is 0 Å². The Labute approximate surface area is 113 Å². The first-order chi connectivity index (χ1) is 8.90. The van der Waals surface area contributed by atoms with Gasteiger partial charge in [0.1, 0.15) is 0 Å². The highest BCUT2D eigenvalue weighted by Gasteiger charge is 2.45. The molecule has 0 aliphatic heterocycles. The predicted molar refractivity (Wildman–Crippen MR) is 71.0 cm³/mol. The van der Waals surface area contributed by atoms with Gasteiger partial charge in [-0.15, -0.1) is 0 Å². The summed E-state index contributed by atoms with van der Waals surface area (Å²) in [7, 11) is 1.61. The summed E-state index contributed by atoms with van der Waals surface area (Å²) in [6, 6.07) is -0.611. The van der Waals surface area contributed by atoms with Crippen molar-refractivity contribution in [2.75, 3.05) is 13.7 Å². The zero-order valence-electron chi connectivity index (χ0n) is 11.9. The van der Waals surface area contributed by atoms with E-state index >= 15 is 0 Å². The van der Waals surface area contributed by atoms with E-state index in [-0.39, 0.29) is 18.1 Å². The van der Waals surface area contributed by atoms with Crippen molar-refractivity contribution < 1.29 is 19.4 Å². The van der Waals surface area contributed by atoms with Crippen molar-refractivity contribution in [2.45, 2.75) is 51.6 Å². The van der Waals surface area contributed by atoms with E-state index in [2.05, 4.69) is 10.6 Å². The Kier molecular flexibility index (Phi) is 5.60. The van der Waals surface area contributed by atoms with Crippen LogP contribution in [0.3, 0.4) is 0 Å². The number of rotatable bonds is 6. The lowest BCUT2D eigenvalue weighted by atomic mass is 9.85. The second-order valence-electron chi connectivity index (χ2n) is 5.47. The molecular formula is C13H24N2O4. The maximum atomic E-state index is 11.8. The number of aliphatic carboxylic acids is 1. The van der Waals surface area contributed by atoms with Crippen LogP contribution in [0.1, 0.15) is 39.5 Å². The van der Waals surface area contributed by atoms with Gasteiger partial charge in [-0.3, -0.25) is 4.79 Å². The zero-order chi connectivity index (χ0) is 14.5. The number of methoxy groups -OCH3 is 1. The molecule has 0 saturated heterocycles. The molecule has 0 radical (unpaired) electrons. The Morgan fingerprint density at radius 2 is 2.21 bits per heavy atom. The normalized spacial score (nSPS) is 27.8. The van der Waals surface area contributed by atoms with Gasteiger partial charge in [0, 0.05) is 25.8 Å². The summed E-state index contributed by atoms with van der Waals surface area (Å²) in [5.41, 5.74) is -0.854. The third-order valence-electron chi connectivity index (χ3n) is 3.88. The smallest absolute Gasteiger partial charge is 0.315 e. The van der Waals surface area contributed by atoms with Crippen molar-refractivity contribution in [3.63, 3.8) is 0 Å². The van der Waals surface area contributed by atoms with E-state index in [9.17, 15) is 14.7 Å². The number of hydrogen-bond donors (Lipinski definition) is 3. The summed E-state index contributed by atoms with van der Waals surface area (Å²) in [5, 5.41) is 14.8. The minimum absolute atomic E-state index is 0.00237. The van der Waals surface area contributed by atoms with E-state index in [0.29, 0.717) is 19.4 Å². The summed E-state index contributed by atoms with van der Waals surface area (Å²) in [6.07, 6.45) is 2.87. The van der Waals surface area contributed by atoms with E-state index in [1.54, 1.807) is 14.0 Å². The zero-order valence-corrected chi connectivity index (χ0v) is 11.9. The van der Waals surface area contributed by atoms with Gasteiger partial charge < -0.3 is 20.5 Å². The molecule has 0 heterocycles. The molecule has 1 aliphatic rings. The number of carboxylic acids is 1. The Morgan fingerprint density at radius 3 is 2.79 bits per heavy atom. The Balaban J connectivity index is 2.46. The molecule has 1 saturated carbocycles. The monoisotopic (exact) mass is 272 g/mol. The number of amides is 2. The fourth-order valence-electron chi connectivity index (χ4n) is 2.44. The Hall–Kier alpha value is -1.30. The predicted octanol–water partition coefficient (Wildman–Crippen LogP) is 1.35. The number of nitrogens with one attached hydrogen (secondary N) is 2. The Morgan fingerprint density at radius 1 is 1.53 bits per heavy atom. The molecule has 1 fully saturated rings. The standard InChI is InChI=1S/C13H24N2O4/c1-9(6-8-19-3)14-12(18)15-10-5-4-7-13(10,2)11(16)17/h9-10H,4-8H2,1-3H3,(H,16,17)(H2,14,15,18). The molecule has 0 spiro atoms. The first kappa shape index (κ1) is 15.8. The number of hydrogen-bond acceptors (Lipinski definition) is 3. The molecule has 0 aromatic rings. The molecule has 3 unspecified atom stereocenters. The van der Waals surface area contributed by atoms with Gasteiger partial charge in [0.15, 0.2) is 0 Å². The second kappa shape index (κ2) is 6.75. The highest BCUT2D eigenvalue weighted by Crippen LogP contribution is 2.38. The summed E-state index contributed by atoms with van der Waals surface area (Å²) in [4.78, 5) is 23.1. The van der Waals surface area contributed by atoms with Crippen LogP contribution in [0.25, 0.3) is 0 Å². The molecule has 3 N–H and O–H groups in total. The van der Waals surface area contributed by atoms with Gasteiger partial charge in [-0.1, -0.05) is 6.42 Å². The van der Waals surface area contributed by atoms with Gasteiger partial charge in [-0.05, 0) is 33.1 Å². The molecule has 1 aliphatic carbocycles. The van der Waals surface area contributed by atoms with Crippen LogP contribution in [0.5, 0.6) is 0 Å². The second-order valence-corrected chi connectivity index (χ2v) is 5.47. The highest BCUT2D eigenvalue weighted by atomic mass is 16.5. The summed E-state index contributed by atoms with van der Waals surface area (Å²) in [6.45, 7) is 4.17. The van der Waals surface area contributed by atoms with E-state index in [4.69, 9.17) is 4.74 Å². The molecule has 6 heteroatoms. The van der Waals surface area contributed by atoms with Crippen LogP contribution < -0.4 is 10.6 Å². The maximum Gasteiger partial charge on any atom is 0.315 e. The molecule has 1 rings (SSSR count). The molecule has 19 heavy (non-hydrogen) atoms. The van der Waals surface area contributed by atoms with E-state index in [0.717, 1.165) is 12.8 Å². The summed E-state index contributed by atoms with van der Waals surface area (Å²) in [5.74, 6) is -0.845. The van der Waals surface area contributed by atoms with Crippen molar-refractivity contribution in [1.82, 2.24) is 10.6 Å². The highest BCUT2D eigenvalue weighted by molar-refractivity contribution is 5.79.